The average molecular weight is 276 g/mol. The second-order valence-electron chi connectivity index (χ2n) is 4.71. The molecule has 104 valence electrons. The normalized spacial score (nSPS) is 15.8. The molecule has 0 bridgehead atoms. The monoisotopic (exact) mass is 276 g/mol. The summed E-state index contributed by atoms with van der Waals surface area (Å²) in [5.41, 5.74) is 3.22. The smallest absolute Gasteiger partial charge is 0.329 e. The number of carbonyl (C=O) groups is 1. The fourth-order valence-electron chi connectivity index (χ4n) is 2.27. The van der Waals surface area contributed by atoms with E-state index in [9.17, 15) is 13.4 Å². The zero-order chi connectivity index (χ0) is 14.7. The molecule has 0 spiro atoms. The van der Waals surface area contributed by atoms with E-state index in [-0.39, 0.29) is 0 Å². The number of aliphatic imine (C=N–C) groups is 1. The summed E-state index contributed by atoms with van der Waals surface area (Å²) in [6.07, 6.45) is 7.07. The van der Waals surface area contributed by atoms with Gasteiger partial charge in [0, 0.05) is 23.5 Å². The maximum atomic E-state index is 13.1. The van der Waals surface area contributed by atoms with Gasteiger partial charge in [-0.05, 0) is 50.1 Å². The molecule has 6 heteroatoms. The lowest BCUT2D eigenvalue weighted by molar-refractivity contribution is -0.107. The third-order valence-electron chi connectivity index (χ3n) is 3.19. The van der Waals surface area contributed by atoms with Gasteiger partial charge in [-0.15, -0.1) is 0 Å². The van der Waals surface area contributed by atoms with E-state index in [1.54, 1.807) is 32.1 Å². The van der Waals surface area contributed by atoms with E-state index in [1.165, 1.54) is 0 Å². The van der Waals surface area contributed by atoms with Gasteiger partial charge < -0.3 is 9.27 Å². The zero-order valence-corrected chi connectivity index (χ0v) is 11.4. The van der Waals surface area contributed by atoms with Crippen LogP contribution < -0.4 is 0 Å². The number of hydrogen-bond donors (Lipinski definition) is 0. The summed E-state index contributed by atoms with van der Waals surface area (Å²) in [6, 6.07) is 1.73. The Morgan fingerprint density at radius 1 is 1.35 bits per heavy atom. The molecule has 20 heavy (non-hydrogen) atoms. The SMILES string of the molecule is Cc1cc(C)n(B(F)F)c1/C=C1/C=CC(CCC=O)=N1. The zero-order valence-electron chi connectivity index (χ0n) is 11.4. The molecule has 0 atom stereocenters. The highest BCUT2D eigenvalue weighted by Gasteiger charge is 2.23. The topological polar surface area (TPSA) is 34.4 Å². The van der Waals surface area contributed by atoms with Crippen molar-refractivity contribution < 1.29 is 13.4 Å². The first-order chi connectivity index (χ1) is 9.52. The number of aryl methyl sites for hydroxylation is 2. The van der Waals surface area contributed by atoms with Crippen molar-refractivity contribution in [3.63, 3.8) is 0 Å². The van der Waals surface area contributed by atoms with Gasteiger partial charge in [-0.2, -0.15) is 0 Å². The molecule has 0 N–H and O–H groups in total. The van der Waals surface area contributed by atoms with Gasteiger partial charge in [0.2, 0.25) is 0 Å². The number of aromatic nitrogens is 1. The molecular formula is C14H15BF2N2O. The van der Waals surface area contributed by atoms with Crippen LogP contribution in [-0.2, 0) is 4.79 Å². The van der Waals surface area contributed by atoms with E-state index in [4.69, 9.17) is 0 Å². The predicted octanol–water partition coefficient (Wildman–Crippen LogP) is 3.21. The molecule has 1 aliphatic heterocycles. The summed E-state index contributed by atoms with van der Waals surface area (Å²) >= 11 is 0. The van der Waals surface area contributed by atoms with E-state index >= 15 is 0 Å². The first kappa shape index (κ1) is 14.4. The molecule has 0 radical (unpaired) electrons. The van der Waals surface area contributed by atoms with Gasteiger partial charge in [0.25, 0.3) is 0 Å². The minimum Gasteiger partial charge on any atom is -0.329 e. The quantitative estimate of drug-likeness (QED) is 0.600. The molecule has 2 rings (SSSR count). The first-order valence-corrected chi connectivity index (χ1v) is 6.40. The summed E-state index contributed by atoms with van der Waals surface area (Å²) in [4.78, 5) is 14.6. The Labute approximate surface area is 116 Å². The molecule has 0 saturated heterocycles. The lowest BCUT2D eigenvalue weighted by Gasteiger charge is -2.05. The van der Waals surface area contributed by atoms with Crippen LogP contribution in [0.3, 0.4) is 0 Å². The van der Waals surface area contributed by atoms with Gasteiger partial charge in [-0.25, -0.2) is 0 Å². The number of aldehydes is 1. The first-order valence-electron chi connectivity index (χ1n) is 6.40. The Hall–Kier alpha value is -1.98. The molecule has 0 aromatic carbocycles. The minimum absolute atomic E-state index is 0.419. The molecule has 2 heterocycles. The molecule has 1 aromatic heterocycles. The largest absolute Gasteiger partial charge is 0.677 e. The summed E-state index contributed by atoms with van der Waals surface area (Å²) in [6.45, 7) is 3.46. The van der Waals surface area contributed by atoms with Crippen molar-refractivity contribution in [2.45, 2.75) is 26.7 Å². The van der Waals surface area contributed by atoms with Crippen molar-refractivity contribution in [1.29, 1.82) is 0 Å². The van der Waals surface area contributed by atoms with Crippen LogP contribution in [0.2, 0.25) is 0 Å². The molecule has 0 unspecified atom stereocenters. The van der Waals surface area contributed by atoms with E-state index in [1.807, 2.05) is 6.08 Å². The maximum Gasteiger partial charge on any atom is 0.677 e. The van der Waals surface area contributed by atoms with Gasteiger partial charge in [0.1, 0.15) is 6.29 Å². The highest BCUT2D eigenvalue weighted by molar-refractivity contribution is 6.41. The molecule has 1 aliphatic rings. The lowest BCUT2D eigenvalue weighted by Crippen LogP contribution is -2.16. The van der Waals surface area contributed by atoms with Gasteiger partial charge in [0.05, 0.1) is 5.70 Å². The molecule has 0 amide bonds. The Balaban J connectivity index is 2.31. The Morgan fingerprint density at radius 3 is 2.75 bits per heavy atom. The van der Waals surface area contributed by atoms with E-state index in [2.05, 4.69) is 4.99 Å². The van der Waals surface area contributed by atoms with Crippen LogP contribution in [0.25, 0.3) is 6.08 Å². The number of hydrogen-bond acceptors (Lipinski definition) is 2. The molecular weight excluding hydrogens is 261 g/mol. The van der Waals surface area contributed by atoms with Crippen LogP contribution in [0.1, 0.15) is 29.8 Å². The standard InChI is InChI=1S/C14H15BF2N2O/c1-10-8-11(2)19(15(16)17)14(10)9-13-6-5-12(18-13)4-3-7-20/h5-9H,3-4H2,1-2H3/b13-9-. The van der Waals surface area contributed by atoms with Crippen molar-refractivity contribution in [1.82, 2.24) is 4.48 Å². The Bertz CT molecular complexity index is 615. The van der Waals surface area contributed by atoms with Crippen molar-refractivity contribution in [2.24, 2.45) is 4.99 Å². The van der Waals surface area contributed by atoms with Crippen molar-refractivity contribution in [2.75, 3.05) is 0 Å². The summed E-state index contributed by atoms with van der Waals surface area (Å²) < 4.78 is 27.1. The summed E-state index contributed by atoms with van der Waals surface area (Å²) in [7, 11) is -2.57. The lowest BCUT2D eigenvalue weighted by atomic mass is 10.1. The van der Waals surface area contributed by atoms with Gasteiger partial charge >= 0.3 is 7.40 Å². The van der Waals surface area contributed by atoms with Gasteiger partial charge in [-0.1, -0.05) is 0 Å². The molecule has 0 fully saturated rings. The van der Waals surface area contributed by atoms with Crippen LogP contribution in [-0.4, -0.2) is 23.9 Å². The third kappa shape index (κ3) is 2.95. The fraction of sp³-hybridized carbons (Fsp3) is 0.286. The highest BCUT2D eigenvalue weighted by atomic mass is 19.2. The van der Waals surface area contributed by atoms with Gasteiger partial charge in [-0.3, -0.25) is 13.6 Å². The molecule has 3 nitrogen and oxygen atoms in total. The molecule has 0 saturated carbocycles. The summed E-state index contributed by atoms with van der Waals surface area (Å²) in [5.74, 6) is 0. The number of carbonyl (C=O) groups excluding carboxylic acids is 1. The number of halogens is 2. The van der Waals surface area contributed by atoms with Crippen LogP contribution >= 0.6 is 0 Å². The highest BCUT2D eigenvalue weighted by Crippen LogP contribution is 2.22. The van der Waals surface area contributed by atoms with E-state index < -0.39 is 7.40 Å². The van der Waals surface area contributed by atoms with E-state index in [0.717, 1.165) is 22.0 Å². The maximum absolute atomic E-state index is 13.1. The van der Waals surface area contributed by atoms with Crippen LogP contribution in [0, 0.1) is 13.8 Å². The van der Waals surface area contributed by atoms with Crippen LogP contribution in [0.4, 0.5) is 8.63 Å². The van der Waals surface area contributed by atoms with Crippen molar-refractivity contribution in [3.8, 4) is 0 Å². The number of allylic oxidation sites excluding steroid dienone is 2. The fourth-order valence-corrected chi connectivity index (χ4v) is 2.27. The van der Waals surface area contributed by atoms with Crippen LogP contribution in [0.15, 0.2) is 28.9 Å². The Kier molecular flexibility index (Phi) is 4.32. The summed E-state index contributed by atoms with van der Waals surface area (Å²) in [5, 5.41) is 0. The Morgan fingerprint density at radius 2 is 2.10 bits per heavy atom. The minimum atomic E-state index is -2.57. The molecule has 1 aromatic rings. The van der Waals surface area contributed by atoms with Gasteiger partial charge in [0.15, 0.2) is 0 Å². The molecule has 0 aliphatic carbocycles. The second kappa shape index (κ2) is 5.99. The van der Waals surface area contributed by atoms with Crippen LogP contribution in [0.5, 0.6) is 0 Å². The number of rotatable bonds is 5. The van der Waals surface area contributed by atoms with Crippen molar-refractivity contribution in [3.05, 3.63) is 40.9 Å². The number of nitrogens with zero attached hydrogens (tertiary/aromatic N) is 2. The third-order valence-corrected chi connectivity index (χ3v) is 3.19. The average Bonchev–Trinajstić information content (AvgIpc) is 2.93. The van der Waals surface area contributed by atoms with Crippen molar-refractivity contribution >= 4 is 25.5 Å². The second-order valence-corrected chi connectivity index (χ2v) is 4.71. The predicted molar refractivity (Wildman–Crippen MR) is 77.1 cm³/mol. The van der Waals surface area contributed by atoms with E-state index in [0.29, 0.717) is 29.9 Å².